The minimum Gasteiger partial charge on any atom is -0.332 e. The van der Waals surface area contributed by atoms with E-state index in [0.717, 1.165) is 19.5 Å². The second-order valence-corrected chi connectivity index (χ2v) is 3.56. The van der Waals surface area contributed by atoms with Crippen molar-refractivity contribution >= 4 is 0 Å². The Hall–Kier alpha value is -0.830. The minimum absolute atomic E-state index is 0.652. The van der Waals surface area contributed by atoms with E-state index in [9.17, 15) is 0 Å². The van der Waals surface area contributed by atoms with Crippen LogP contribution in [0.25, 0.3) is 0 Å². The molecule has 1 aliphatic heterocycles. The van der Waals surface area contributed by atoms with Crippen LogP contribution >= 0.6 is 0 Å². The Morgan fingerprint density at radius 3 is 3.33 bits per heavy atom. The summed E-state index contributed by atoms with van der Waals surface area (Å²) >= 11 is 0. The van der Waals surface area contributed by atoms with Crippen LogP contribution in [-0.4, -0.2) is 16.1 Å². The maximum Gasteiger partial charge on any atom is 0.109 e. The fraction of sp³-hybridized carbons (Fsp3) is 0.667. The van der Waals surface area contributed by atoms with Gasteiger partial charge in [0.2, 0.25) is 0 Å². The summed E-state index contributed by atoms with van der Waals surface area (Å²) in [5.41, 5.74) is 6.91. The number of aromatic nitrogens is 2. The van der Waals surface area contributed by atoms with E-state index < -0.39 is 0 Å². The molecule has 1 aliphatic rings. The smallest absolute Gasteiger partial charge is 0.109 e. The molecule has 0 bridgehead atoms. The molecular weight excluding hydrogens is 150 g/mol. The summed E-state index contributed by atoms with van der Waals surface area (Å²) in [7, 11) is 0. The van der Waals surface area contributed by atoms with Gasteiger partial charge in [0, 0.05) is 24.9 Å². The molecule has 1 aromatic heterocycles. The predicted molar refractivity (Wildman–Crippen MR) is 47.8 cm³/mol. The van der Waals surface area contributed by atoms with Crippen molar-refractivity contribution in [1.82, 2.24) is 9.55 Å². The Morgan fingerprint density at radius 2 is 2.58 bits per heavy atom. The summed E-state index contributed by atoms with van der Waals surface area (Å²) in [4.78, 5) is 4.36. The lowest BCUT2D eigenvalue weighted by atomic mass is 9.98. The molecular formula is C9H15N3. The van der Waals surface area contributed by atoms with Crippen LogP contribution in [0.4, 0.5) is 0 Å². The van der Waals surface area contributed by atoms with Crippen molar-refractivity contribution in [2.75, 3.05) is 6.54 Å². The Kier molecular flexibility index (Phi) is 1.89. The lowest BCUT2D eigenvalue weighted by Crippen LogP contribution is -2.25. The lowest BCUT2D eigenvalue weighted by molar-refractivity contribution is 0.386. The zero-order chi connectivity index (χ0) is 8.55. The molecule has 12 heavy (non-hydrogen) atoms. The number of hydrogen-bond donors (Lipinski definition) is 1. The van der Waals surface area contributed by atoms with Crippen molar-refractivity contribution in [3.63, 3.8) is 0 Å². The first-order valence-electron chi connectivity index (χ1n) is 4.52. The van der Waals surface area contributed by atoms with Gasteiger partial charge in [-0.1, -0.05) is 0 Å². The summed E-state index contributed by atoms with van der Waals surface area (Å²) in [6.45, 7) is 4.01. The van der Waals surface area contributed by atoms with E-state index in [1.807, 2.05) is 6.20 Å². The van der Waals surface area contributed by atoms with Gasteiger partial charge in [0.05, 0.1) is 0 Å². The average molecular weight is 165 g/mol. The minimum atomic E-state index is 0.652. The fourth-order valence-corrected chi connectivity index (χ4v) is 1.85. The van der Waals surface area contributed by atoms with E-state index in [4.69, 9.17) is 5.73 Å². The summed E-state index contributed by atoms with van der Waals surface area (Å²) in [5.74, 6) is 1.87. The highest BCUT2D eigenvalue weighted by atomic mass is 15.1. The summed E-state index contributed by atoms with van der Waals surface area (Å²) in [6, 6.07) is 0. The zero-order valence-electron chi connectivity index (χ0n) is 7.45. The van der Waals surface area contributed by atoms with Crippen LogP contribution in [0.3, 0.4) is 0 Å². The zero-order valence-corrected chi connectivity index (χ0v) is 7.45. The van der Waals surface area contributed by atoms with Crippen molar-refractivity contribution in [2.45, 2.75) is 26.3 Å². The highest BCUT2D eigenvalue weighted by Crippen LogP contribution is 2.19. The monoisotopic (exact) mass is 165 g/mol. The molecule has 3 nitrogen and oxygen atoms in total. The highest BCUT2D eigenvalue weighted by molar-refractivity contribution is 5.06. The van der Waals surface area contributed by atoms with E-state index >= 15 is 0 Å². The molecule has 2 rings (SSSR count). The molecule has 0 spiro atoms. The molecule has 1 atom stereocenters. The molecule has 2 heterocycles. The lowest BCUT2D eigenvalue weighted by Gasteiger charge is -2.22. The highest BCUT2D eigenvalue weighted by Gasteiger charge is 2.18. The van der Waals surface area contributed by atoms with Crippen LogP contribution in [0.2, 0.25) is 0 Å². The van der Waals surface area contributed by atoms with Gasteiger partial charge in [-0.2, -0.15) is 0 Å². The van der Waals surface area contributed by atoms with Gasteiger partial charge in [-0.3, -0.25) is 0 Å². The standard InChI is InChI=1S/C9H15N3/c1-7-6-11-9-4-8(5-10)2-3-12(7)9/h6,8H,2-5,10H2,1H3. The van der Waals surface area contributed by atoms with Crippen LogP contribution in [0.1, 0.15) is 17.9 Å². The molecule has 3 heteroatoms. The van der Waals surface area contributed by atoms with Gasteiger partial charge >= 0.3 is 0 Å². The number of nitrogens with zero attached hydrogens (tertiary/aromatic N) is 2. The molecule has 2 N–H and O–H groups in total. The van der Waals surface area contributed by atoms with Crippen LogP contribution in [0, 0.1) is 12.8 Å². The molecule has 1 unspecified atom stereocenters. The Morgan fingerprint density at radius 1 is 1.75 bits per heavy atom. The van der Waals surface area contributed by atoms with E-state index in [0.29, 0.717) is 5.92 Å². The number of aryl methyl sites for hydroxylation is 1. The molecule has 0 saturated heterocycles. The summed E-state index contributed by atoms with van der Waals surface area (Å²) in [6.07, 6.45) is 4.22. The van der Waals surface area contributed by atoms with Gasteiger partial charge in [0.1, 0.15) is 5.82 Å². The molecule has 0 amide bonds. The SMILES string of the molecule is Cc1cnc2n1CCC(CN)C2. The first-order valence-corrected chi connectivity index (χ1v) is 4.52. The topological polar surface area (TPSA) is 43.8 Å². The second-order valence-electron chi connectivity index (χ2n) is 3.56. The third-order valence-electron chi connectivity index (χ3n) is 2.70. The third-order valence-corrected chi connectivity index (χ3v) is 2.70. The van der Waals surface area contributed by atoms with Crippen molar-refractivity contribution in [3.05, 3.63) is 17.7 Å². The van der Waals surface area contributed by atoms with Crippen LogP contribution < -0.4 is 5.73 Å². The van der Waals surface area contributed by atoms with Crippen molar-refractivity contribution in [3.8, 4) is 0 Å². The molecule has 1 aromatic rings. The Balaban J connectivity index is 2.24. The van der Waals surface area contributed by atoms with Crippen molar-refractivity contribution in [2.24, 2.45) is 11.7 Å². The van der Waals surface area contributed by atoms with E-state index in [2.05, 4.69) is 16.5 Å². The first kappa shape index (κ1) is 7.80. The third kappa shape index (κ3) is 1.14. The normalized spacial score (nSPS) is 22.3. The quantitative estimate of drug-likeness (QED) is 0.666. The molecule has 0 aromatic carbocycles. The second kappa shape index (κ2) is 2.90. The van der Waals surface area contributed by atoms with Gasteiger partial charge in [-0.25, -0.2) is 4.98 Å². The summed E-state index contributed by atoms with van der Waals surface area (Å²) in [5, 5.41) is 0. The van der Waals surface area contributed by atoms with E-state index in [1.54, 1.807) is 0 Å². The predicted octanol–water partition coefficient (Wildman–Crippen LogP) is 0.713. The molecule has 66 valence electrons. The van der Waals surface area contributed by atoms with Crippen LogP contribution in [0.5, 0.6) is 0 Å². The maximum atomic E-state index is 5.63. The summed E-state index contributed by atoms with van der Waals surface area (Å²) < 4.78 is 2.30. The average Bonchev–Trinajstić information content (AvgIpc) is 2.47. The molecule has 0 aliphatic carbocycles. The van der Waals surface area contributed by atoms with Crippen LogP contribution in [0.15, 0.2) is 6.20 Å². The van der Waals surface area contributed by atoms with Gasteiger partial charge in [-0.05, 0) is 25.8 Å². The van der Waals surface area contributed by atoms with Crippen LogP contribution in [-0.2, 0) is 13.0 Å². The van der Waals surface area contributed by atoms with Gasteiger partial charge in [0.15, 0.2) is 0 Å². The first-order chi connectivity index (χ1) is 5.81. The number of rotatable bonds is 1. The number of nitrogens with two attached hydrogens (primary N) is 1. The fourth-order valence-electron chi connectivity index (χ4n) is 1.85. The number of fused-ring (bicyclic) bond motifs is 1. The Labute approximate surface area is 72.6 Å². The molecule has 0 radical (unpaired) electrons. The van der Waals surface area contributed by atoms with Gasteiger partial charge in [-0.15, -0.1) is 0 Å². The number of imidazole rings is 1. The number of hydrogen-bond acceptors (Lipinski definition) is 2. The molecule has 0 saturated carbocycles. The largest absolute Gasteiger partial charge is 0.332 e. The van der Waals surface area contributed by atoms with Crippen molar-refractivity contribution < 1.29 is 0 Å². The van der Waals surface area contributed by atoms with E-state index in [1.165, 1.54) is 17.9 Å². The Bertz CT molecular complexity index is 277. The maximum absolute atomic E-state index is 5.63. The van der Waals surface area contributed by atoms with Gasteiger partial charge in [0.25, 0.3) is 0 Å². The van der Waals surface area contributed by atoms with E-state index in [-0.39, 0.29) is 0 Å². The van der Waals surface area contributed by atoms with Gasteiger partial charge < -0.3 is 10.3 Å². The molecule has 0 fully saturated rings. The van der Waals surface area contributed by atoms with Crippen molar-refractivity contribution in [1.29, 1.82) is 0 Å².